The summed E-state index contributed by atoms with van der Waals surface area (Å²) in [6.45, 7) is 10.8. The number of rotatable bonds is 3. The Hall–Kier alpha value is -1.98. The van der Waals surface area contributed by atoms with Crippen LogP contribution in [-0.4, -0.2) is 35.5 Å². The number of alkyl carbamates (subject to hydrolysis) is 1. The summed E-state index contributed by atoms with van der Waals surface area (Å²) in [4.78, 5) is 13.5. The van der Waals surface area contributed by atoms with Crippen LogP contribution in [-0.2, 0) is 4.74 Å². The van der Waals surface area contributed by atoms with Crippen molar-refractivity contribution in [3.63, 3.8) is 0 Å². The van der Waals surface area contributed by atoms with Gasteiger partial charge in [-0.05, 0) is 46.1 Å². The van der Waals surface area contributed by atoms with Crippen molar-refractivity contribution in [2.75, 3.05) is 13.1 Å². The summed E-state index contributed by atoms with van der Waals surface area (Å²) < 4.78 is 5.12. The van der Waals surface area contributed by atoms with E-state index in [-0.39, 0.29) is 11.5 Å². The molecule has 1 amide bonds. The minimum absolute atomic E-state index is 0.279. The van der Waals surface area contributed by atoms with Gasteiger partial charge in [0.05, 0.1) is 5.70 Å². The Bertz CT molecular complexity index is 443. The Labute approximate surface area is 126 Å². The molecule has 0 aliphatic carbocycles. The van der Waals surface area contributed by atoms with Crippen molar-refractivity contribution in [3.8, 4) is 0 Å². The van der Waals surface area contributed by atoms with Gasteiger partial charge >= 0.3 is 6.09 Å². The first-order chi connectivity index (χ1) is 9.69. The Balaban J connectivity index is 2.54. The number of amidine groups is 1. The van der Waals surface area contributed by atoms with Crippen molar-refractivity contribution in [2.24, 2.45) is 5.73 Å². The largest absolute Gasteiger partial charge is 0.444 e. The lowest BCUT2D eigenvalue weighted by Gasteiger charge is -2.29. The molecular formula is C15H26N4O2. The van der Waals surface area contributed by atoms with E-state index in [1.165, 1.54) is 12.5 Å². The number of hydrogen-bond acceptors (Lipinski definition) is 4. The highest BCUT2D eigenvalue weighted by atomic mass is 16.6. The molecule has 0 bridgehead atoms. The smallest absolute Gasteiger partial charge is 0.412 e. The highest BCUT2D eigenvalue weighted by molar-refractivity contribution is 5.95. The molecule has 0 radical (unpaired) electrons. The molecule has 1 saturated heterocycles. The van der Waals surface area contributed by atoms with Gasteiger partial charge in [-0.2, -0.15) is 0 Å². The minimum atomic E-state index is -0.582. The Morgan fingerprint density at radius 1 is 1.33 bits per heavy atom. The summed E-state index contributed by atoms with van der Waals surface area (Å²) in [5, 5.41) is 10.6. The van der Waals surface area contributed by atoms with Crippen LogP contribution in [0, 0.1) is 5.41 Å². The zero-order valence-electron chi connectivity index (χ0n) is 13.2. The maximum Gasteiger partial charge on any atom is 0.412 e. The second kappa shape index (κ2) is 7.15. The van der Waals surface area contributed by atoms with Gasteiger partial charge in [-0.25, -0.2) is 4.79 Å². The molecular weight excluding hydrogens is 268 g/mol. The van der Waals surface area contributed by atoms with Gasteiger partial charge in [-0.1, -0.05) is 6.58 Å². The summed E-state index contributed by atoms with van der Waals surface area (Å²) in [6, 6.07) is 0. The number of carbonyl (C=O) groups excluding carboxylic acids is 1. The Morgan fingerprint density at radius 2 is 1.90 bits per heavy atom. The van der Waals surface area contributed by atoms with Crippen LogP contribution in [0.4, 0.5) is 4.79 Å². The van der Waals surface area contributed by atoms with Crippen LogP contribution in [0.25, 0.3) is 0 Å². The van der Waals surface area contributed by atoms with Gasteiger partial charge in [0, 0.05) is 18.8 Å². The van der Waals surface area contributed by atoms with E-state index in [0.717, 1.165) is 25.9 Å². The summed E-state index contributed by atoms with van der Waals surface area (Å²) in [6.07, 6.45) is 4.25. The number of amides is 1. The fourth-order valence-electron chi connectivity index (χ4n) is 2.03. The van der Waals surface area contributed by atoms with E-state index >= 15 is 0 Å². The van der Waals surface area contributed by atoms with Gasteiger partial charge in [0.25, 0.3) is 0 Å². The van der Waals surface area contributed by atoms with Crippen LogP contribution in [0.5, 0.6) is 0 Å². The van der Waals surface area contributed by atoms with Crippen molar-refractivity contribution in [1.82, 2.24) is 10.2 Å². The third kappa shape index (κ3) is 6.33. The quantitative estimate of drug-likeness (QED) is 0.423. The zero-order valence-corrected chi connectivity index (χ0v) is 13.2. The molecule has 6 nitrogen and oxygen atoms in total. The minimum Gasteiger partial charge on any atom is -0.444 e. The van der Waals surface area contributed by atoms with E-state index in [0.29, 0.717) is 5.70 Å². The van der Waals surface area contributed by atoms with Crippen molar-refractivity contribution in [2.45, 2.75) is 45.6 Å². The lowest BCUT2D eigenvalue weighted by molar-refractivity contribution is 0.0548. The first-order valence-electron chi connectivity index (χ1n) is 7.19. The number of hydrogen-bond donors (Lipinski definition) is 3. The van der Waals surface area contributed by atoms with Crippen molar-refractivity contribution in [3.05, 3.63) is 24.0 Å². The fraction of sp³-hybridized carbons (Fsp3) is 0.600. The monoisotopic (exact) mass is 294 g/mol. The number of carbonyl (C=O) groups is 1. The third-order valence-electron chi connectivity index (χ3n) is 2.94. The molecule has 21 heavy (non-hydrogen) atoms. The van der Waals surface area contributed by atoms with Gasteiger partial charge in [0.2, 0.25) is 0 Å². The number of likely N-dealkylation sites (tertiary alicyclic amines) is 1. The first kappa shape index (κ1) is 17.1. The topological polar surface area (TPSA) is 91.4 Å². The molecule has 0 aromatic carbocycles. The zero-order chi connectivity index (χ0) is 16.0. The molecule has 0 atom stereocenters. The molecule has 118 valence electrons. The van der Waals surface area contributed by atoms with Crippen LogP contribution in [0.15, 0.2) is 24.0 Å². The van der Waals surface area contributed by atoms with Gasteiger partial charge in [-0.15, -0.1) is 0 Å². The predicted molar refractivity (Wildman–Crippen MR) is 83.9 cm³/mol. The number of nitrogens with zero attached hydrogens (tertiary/aromatic N) is 1. The average molecular weight is 294 g/mol. The molecule has 1 aliphatic rings. The van der Waals surface area contributed by atoms with E-state index in [9.17, 15) is 4.79 Å². The summed E-state index contributed by atoms with van der Waals surface area (Å²) in [5.41, 5.74) is 5.92. The van der Waals surface area contributed by atoms with Gasteiger partial charge in [-0.3, -0.25) is 10.7 Å². The SMILES string of the molecule is C=C(/C=C(/N)C(=N)N1CCCCC1)NC(=O)OC(C)(C)C. The molecule has 1 rings (SSSR count). The van der Waals surface area contributed by atoms with Crippen LogP contribution in [0.3, 0.4) is 0 Å². The van der Waals surface area contributed by atoms with Crippen molar-refractivity contribution < 1.29 is 9.53 Å². The van der Waals surface area contributed by atoms with E-state index < -0.39 is 11.7 Å². The molecule has 1 fully saturated rings. The molecule has 0 aromatic rings. The Morgan fingerprint density at radius 3 is 2.43 bits per heavy atom. The molecule has 4 N–H and O–H groups in total. The normalized spacial score (nSPS) is 16.3. The van der Waals surface area contributed by atoms with Gasteiger partial charge in [0.15, 0.2) is 0 Å². The summed E-state index contributed by atoms with van der Waals surface area (Å²) >= 11 is 0. The van der Waals surface area contributed by atoms with E-state index in [2.05, 4.69) is 11.9 Å². The highest BCUT2D eigenvalue weighted by Gasteiger charge is 2.17. The first-order valence-corrected chi connectivity index (χ1v) is 7.19. The molecule has 0 saturated carbocycles. The van der Waals surface area contributed by atoms with Crippen molar-refractivity contribution >= 4 is 11.9 Å². The fourth-order valence-corrected chi connectivity index (χ4v) is 2.03. The number of ether oxygens (including phenoxy) is 1. The molecule has 1 aliphatic heterocycles. The van der Waals surface area contributed by atoms with Gasteiger partial charge in [0.1, 0.15) is 11.4 Å². The maximum absolute atomic E-state index is 11.6. The summed E-state index contributed by atoms with van der Waals surface area (Å²) in [5.74, 6) is 0.279. The second-order valence-corrected chi connectivity index (χ2v) is 6.15. The lowest BCUT2D eigenvalue weighted by atomic mass is 10.1. The number of nitrogens with two attached hydrogens (primary N) is 1. The maximum atomic E-state index is 11.6. The van der Waals surface area contributed by atoms with E-state index in [1.54, 1.807) is 20.8 Å². The van der Waals surface area contributed by atoms with Crippen LogP contribution < -0.4 is 11.1 Å². The number of allylic oxidation sites excluding steroid dienone is 1. The lowest BCUT2D eigenvalue weighted by Crippen LogP contribution is -2.38. The highest BCUT2D eigenvalue weighted by Crippen LogP contribution is 2.11. The van der Waals surface area contributed by atoms with Crippen molar-refractivity contribution in [1.29, 1.82) is 5.41 Å². The van der Waals surface area contributed by atoms with Crippen LogP contribution in [0.2, 0.25) is 0 Å². The van der Waals surface area contributed by atoms with Gasteiger partial charge < -0.3 is 15.4 Å². The Kier molecular flexibility index (Phi) is 5.81. The van der Waals surface area contributed by atoms with E-state index in [4.69, 9.17) is 15.9 Å². The molecule has 1 heterocycles. The van der Waals surface area contributed by atoms with Crippen LogP contribution in [0.1, 0.15) is 40.0 Å². The van der Waals surface area contributed by atoms with E-state index in [1.807, 2.05) is 4.90 Å². The third-order valence-corrected chi connectivity index (χ3v) is 2.94. The molecule has 0 spiro atoms. The standard InChI is InChI=1S/C15H26N4O2/c1-11(18-14(20)21-15(2,3)4)10-12(16)13(17)19-8-6-5-7-9-19/h10,17H,1,5-9,16H2,2-4H3,(H,18,20)/b12-10+,17-13?. The molecule has 0 unspecified atom stereocenters. The second-order valence-electron chi connectivity index (χ2n) is 6.15. The summed E-state index contributed by atoms with van der Waals surface area (Å²) in [7, 11) is 0. The number of nitrogens with one attached hydrogen (secondary N) is 2. The average Bonchev–Trinajstić information content (AvgIpc) is 2.36. The molecule has 0 aromatic heterocycles. The number of piperidine rings is 1. The van der Waals surface area contributed by atoms with Crippen LogP contribution >= 0.6 is 0 Å². The predicted octanol–water partition coefficient (Wildman–Crippen LogP) is 2.33. The molecule has 6 heteroatoms.